The molecule has 178 valence electrons. The van der Waals surface area contributed by atoms with Crippen LogP contribution in [0.1, 0.15) is 55.4 Å². The van der Waals surface area contributed by atoms with Crippen LogP contribution >= 0.6 is 0 Å². The average molecular weight is 453 g/mol. The van der Waals surface area contributed by atoms with E-state index in [-0.39, 0.29) is 11.5 Å². The van der Waals surface area contributed by atoms with E-state index < -0.39 is 47.4 Å². The molecular weight excluding hydrogens is 420 g/mol. The van der Waals surface area contributed by atoms with Gasteiger partial charge in [-0.3, -0.25) is 0 Å². The van der Waals surface area contributed by atoms with Crippen molar-refractivity contribution in [3.63, 3.8) is 0 Å². The molecule has 2 amide bonds. The zero-order valence-corrected chi connectivity index (χ0v) is 19.7. The summed E-state index contributed by atoms with van der Waals surface area (Å²) >= 11 is 0. The molecule has 0 radical (unpaired) electrons. The van der Waals surface area contributed by atoms with Gasteiger partial charge in [-0.05, 0) is 67.5 Å². The molecule has 0 unspecified atom stereocenters. The Labute approximate surface area is 187 Å². The Bertz CT molecular complexity index is 770. The van der Waals surface area contributed by atoms with Gasteiger partial charge in [0.15, 0.2) is 11.5 Å². The minimum Gasteiger partial charge on any atom is -0.444 e. The van der Waals surface area contributed by atoms with Gasteiger partial charge >= 0.3 is 24.1 Å². The fourth-order valence-electron chi connectivity index (χ4n) is 2.10. The Balaban J connectivity index is 2.75. The van der Waals surface area contributed by atoms with Crippen LogP contribution in [0.5, 0.6) is 11.5 Å². The minimum absolute atomic E-state index is 0.0341. The van der Waals surface area contributed by atoms with Crippen molar-refractivity contribution in [3.05, 3.63) is 24.3 Å². The zero-order chi connectivity index (χ0) is 24.7. The van der Waals surface area contributed by atoms with E-state index in [0.29, 0.717) is 0 Å². The van der Waals surface area contributed by atoms with Crippen LogP contribution in [0.25, 0.3) is 0 Å². The van der Waals surface area contributed by atoms with Crippen molar-refractivity contribution in [2.75, 3.05) is 0 Å². The van der Waals surface area contributed by atoms with E-state index in [4.69, 9.17) is 18.9 Å². The van der Waals surface area contributed by atoms with Crippen LogP contribution in [-0.4, -0.2) is 47.4 Å². The highest BCUT2D eigenvalue weighted by Gasteiger charge is 2.25. The molecule has 0 heterocycles. The van der Waals surface area contributed by atoms with Crippen molar-refractivity contribution in [2.24, 2.45) is 0 Å². The summed E-state index contributed by atoms with van der Waals surface area (Å²) in [5.41, 5.74) is -1.45. The lowest BCUT2D eigenvalue weighted by Gasteiger charge is -2.22. The van der Waals surface area contributed by atoms with E-state index in [1.54, 1.807) is 53.7 Å². The summed E-state index contributed by atoms with van der Waals surface area (Å²) in [6.45, 7) is 13.0. The normalized spacial score (nSPS) is 13.2. The Hall–Kier alpha value is -3.30. The first-order chi connectivity index (χ1) is 14.6. The molecule has 0 bridgehead atoms. The number of rotatable bonds is 6. The second-order valence-corrected chi connectivity index (χ2v) is 9.02. The topological polar surface area (TPSA) is 129 Å². The van der Waals surface area contributed by atoms with Crippen LogP contribution < -0.4 is 20.1 Å². The predicted molar refractivity (Wildman–Crippen MR) is 115 cm³/mol. The number of nitrogens with one attached hydrogen (secondary N) is 2. The lowest BCUT2D eigenvalue weighted by atomic mass is 10.2. The number of ether oxygens (including phenoxy) is 4. The van der Waals surface area contributed by atoms with Crippen LogP contribution in [0.2, 0.25) is 0 Å². The van der Waals surface area contributed by atoms with Crippen LogP contribution in [0.15, 0.2) is 24.3 Å². The van der Waals surface area contributed by atoms with E-state index in [1.807, 2.05) is 0 Å². The first kappa shape index (κ1) is 26.7. The summed E-state index contributed by atoms with van der Waals surface area (Å²) in [6, 6.07) is 3.95. The highest BCUT2D eigenvalue weighted by molar-refractivity contribution is 5.85. The maximum atomic E-state index is 12.4. The van der Waals surface area contributed by atoms with Gasteiger partial charge in [0.05, 0.1) is 0 Å². The van der Waals surface area contributed by atoms with Gasteiger partial charge in [-0.15, -0.1) is 0 Å². The molecule has 1 aromatic carbocycles. The lowest BCUT2D eigenvalue weighted by molar-refractivity contribution is -0.139. The van der Waals surface area contributed by atoms with Crippen LogP contribution in [0.4, 0.5) is 9.59 Å². The van der Waals surface area contributed by atoms with Crippen molar-refractivity contribution in [3.8, 4) is 11.5 Å². The molecule has 0 aliphatic heterocycles. The van der Waals surface area contributed by atoms with Gasteiger partial charge in [0.1, 0.15) is 23.3 Å². The molecule has 0 aromatic heterocycles. The summed E-state index contributed by atoms with van der Waals surface area (Å²) < 4.78 is 20.7. The second kappa shape index (κ2) is 10.8. The number of benzene rings is 1. The molecule has 0 fully saturated rings. The Morgan fingerprint density at radius 1 is 0.688 bits per heavy atom. The number of amides is 2. The number of carbonyl (C=O) groups is 4. The summed E-state index contributed by atoms with van der Waals surface area (Å²) in [6.07, 6.45) is -1.55. The summed E-state index contributed by atoms with van der Waals surface area (Å²) in [7, 11) is 0. The van der Waals surface area contributed by atoms with E-state index >= 15 is 0 Å². The van der Waals surface area contributed by atoms with Crippen LogP contribution in [0.3, 0.4) is 0 Å². The molecule has 0 aliphatic rings. The van der Waals surface area contributed by atoms with Gasteiger partial charge in [-0.1, -0.05) is 12.1 Å². The molecule has 10 nitrogen and oxygen atoms in total. The van der Waals surface area contributed by atoms with Gasteiger partial charge in [-0.2, -0.15) is 0 Å². The number of esters is 2. The molecule has 0 aliphatic carbocycles. The SMILES string of the molecule is C[C@H](NC(=O)OC(C)(C)C)C(=O)Oc1ccccc1OC(=O)[C@H](C)NC(=O)OC(C)(C)C. The molecule has 0 saturated carbocycles. The Morgan fingerprint density at radius 2 is 1.00 bits per heavy atom. The van der Waals surface area contributed by atoms with Gasteiger partial charge in [-0.25, -0.2) is 19.2 Å². The number of hydrogen-bond acceptors (Lipinski definition) is 8. The molecule has 1 rings (SSSR count). The highest BCUT2D eigenvalue weighted by Crippen LogP contribution is 2.27. The number of carbonyl (C=O) groups excluding carboxylic acids is 4. The molecule has 2 atom stereocenters. The quantitative estimate of drug-likeness (QED) is 0.497. The van der Waals surface area contributed by atoms with Gasteiger partial charge in [0, 0.05) is 0 Å². The van der Waals surface area contributed by atoms with Crippen molar-refractivity contribution < 1.29 is 38.1 Å². The average Bonchev–Trinajstić information content (AvgIpc) is 2.59. The first-order valence-electron chi connectivity index (χ1n) is 10.1. The first-order valence-corrected chi connectivity index (χ1v) is 10.1. The third-order valence-corrected chi connectivity index (χ3v) is 3.44. The largest absolute Gasteiger partial charge is 0.444 e. The third kappa shape index (κ3) is 10.1. The number of alkyl carbamates (subject to hydrolysis) is 2. The predicted octanol–water partition coefficient (Wildman–Crippen LogP) is 3.32. The van der Waals surface area contributed by atoms with Gasteiger partial charge in [0.2, 0.25) is 0 Å². The molecule has 32 heavy (non-hydrogen) atoms. The molecule has 10 heteroatoms. The van der Waals surface area contributed by atoms with Crippen molar-refractivity contribution in [1.29, 1.82) is 0 Å². The highest BCUT2D eigenvalue weighted by atomic mass is 16.6. The van der Waals surface area contributed by atoms with Gasteiger partial charge < -0.3 is 29.6 Å². The van der Waals surface area contributed by atoms with Gasteiger partial charge in [0.25, 0.3) is 0 Å². The fourth-order valence-corrected chi connectivity index (χ4v) is 2.10. The summed E-state index contributed by atoms with van der Waals surface area (Å²) in [5, 5.41) is 4.74. The standard InChI is InChI=1S/C22H32N2O8/c1-13(23-19(27)31-21(3,4)5)17(25)29-15-11-9-10-12-16(15)30-18(26)14(2)24-20(28)32-22(6,7)8/h9-14H,1-8H3,(H,23,27)(H,24,28)/t13-,14-/m0/s1. The number of hydrogen-bond donors (Lipinski definition) is 2. The molecular formula is C22H32N2O8. The maximum Gasteiger partial charge on any atom is 0.408 e. The summed E-state index contributed by atoms with van der Waals surface area (Å²) in [4.78, 5) is 48.4. The van der Waals surface area contributed by atoms with E-state index in [1.165, 1.54) is 26.0 Å². The monoisotopic (exact) mass is 452 g/mol. The summed E-state index contributed by atoms with van der Waals surface area (Å²) in [5.74, 6) is -1.65. The smallest absolute Gasteiger partial charge is 0.408 e. The molecule has 0 spiro atoms. The fraction of sp³-hybridized carbons (Fsp3) is 0.545. The van der Waals surface area contributed by atoms with E-state index in [9.17, 15) is 19.2 Å². The minimum atomic E-state index is -1.03. The zero-order valence-electron chi connectivity index (χ0n) is 19.7. The van der Waals surface area contributed by atoms with Crippen LogP contribution in [-0.2, 0) is 19.1 Å². The molecule has 0 saturated heterocycles. The van der Waals surface area contributed by atoms with E-state index in [0.717, 1.165) is 0 Å². The van der Waals surface area contributed by atoms with E-state index in [2.05, 4.69) is 10.6 Å². The number of para-hydroxylation sites is 2. The molecule has 2 N–H and O–H groups in total. The lowest BCUT2D eigenvalue weighted by Crippen LogP contribution is -2.44. The Morgan fingerprint density at radius 3 is 1.28 bits per heavy atom. The van der Waals surface area contributed by atoms with Crippen molar-refractivity contribution in [1.82, 2.24) is 10.6 Å². The van der Waals surface area contributed by atoms with Crippen LogP contribution in [0, 0.1) is 0 Å². The second-order valence-electron chi connectivity index (χ2n) is 9.02. The van der Waals surface area contributed by atoms with Crippen molar-refractivity contribution in [2.45, 2.75) is 78.7 Å². The Kier molecular flexibility index (Phi) is 9.05. The van der Waals surface area contributed by atoms with Crippen molar-refractivity contribution >= 4 is 24.1 Å². The maximum absolute atomic E-state index is 12.4. The molecule has 1 aromatic rings. The third-order valence-electron chi connectivity index (χ3n) is 3.44.